The predicted octanol–water partition coefficient (Wildman–Crippen LogP) is 2.06. The summed E-state index contributed by atoms with van der Waals surface area (Å²) in [6, 6.07) is 11.4. The third kappa shape index (κ3) is 1.84. The first-order valence-electron chi connectivity index (χ1n) is 5.91. The number of aromatic nitrogens is 3. The highest BCUT2D eigenvalue weighted by Crippen LogP contribution is 2.33. The van der Waals surface area contributed by atoms with E-state index in [2.05, 4.69) is 10.1 Å². The summed E-state index contributed by atoms with van der Waals surface area (Å²) in [5.74, 6) is 0.746. The molecule has 0 unspecified atom stereocenters. The van der Waals surface area contributed by atoms with Gasteiger partial charge < -0.3 is 9.84 Å². The summed E-state index contributed by atoms with van der Waals surface area (Å²) in [5.41, 5.74) is 2.30. The molecule has 2 heterocycles. The lowest BCUT2D eigenvalue weighted by molar-refractivity contribution is 0.200. The number of ether oxygens (including phenoxy) is 1. The van der Waals surface area contributed by atoms with E-state index in [0.717, 1.165) is 22.4 Å². The Bertz CT molecular complexity index is 722. The number of hydrogen-bond acceptors (Lipinski definition) is 4. The van der Waals surface area contributed by atoms with Gasteiger partial charge in [0.15, 0.2) is 5.65 Å². The molecular weight excluding hydrogens is 242 g/mol. The fourth-order valence-electron chi connectivity index (χ4n) is 2.15. The average molecular weight is 255 g/mol. The number of benzene rings is 1. The van der Waals surface area contributed by atoms with E-state index in [0.29, 0.717) is 5.65 Å². The Morgan fingerprint density at radius 3 is 2.84 bits per heavy atom. The Hall–Kier alpha value is -2.40. The van der Waals surface area contributed by atoms with Crippen molar-refractivity contribution in [3.05, 3.63) is 42.6 Å². The minimum Gasteiger partial charge on any atom is -0.496 e. The fourth-order valence-corrected chi connectivity index (χ4v) is 2.15. The zero-order valence-electron chi connectivity index (χ0n) is 10.4. The summed E-state index contributed by atoms with van der Waals surface area (Å²) in [6.07, 6.45) is 1.68. The van der Waals surface area contributed by atoms with Crippen LogP contribution in [0.4, 0.5) is 0 Å². The molecule has 0 atom stereocenters. The molecule has 0 aliphatic rings. The van der Waals surface area contributed by atoms with E-state index in [4.69, 9.17) is 4.74 Å². The Morgan fingerprint density at radius 1 is 1.21 bits per heavy atom. The number of methoxy groups -OCH3 is 1. The van der Waals surface area contributed by atoms with Gasteiger partial charge in [-0.1, -0.05) is 12.1 Å². The zero-order chi connectivity index (χ0) is 13.2. The van der Waals surface area contributed by atoms with Crippen molar-refractivity contribution < 1.29 is 9.84 Å². The molecule has 0 aliphatic carbocycles. The lowest BCUT2D eigenvalue weighted by Gasteiger charge is -2.05. The second kappa shape index (κ2) is 4.70. The van der Waals surface area contributed by atoms with E-state index >= 15 is 0 Å². The molecule has 2 aromatic heterocycles. The molecule has 0 saturated carbocycles. The number of rotatable bonds is 3. The molecule has 0 spiro atoms. The van der Waals surface area contributed by atoms with Gasteiger partial charge in [0.2, 0.25) is 0 Å². The number of pyridine rings is 1. The van der Waals surface area contributed by atoms with E-state index in [-0.39, 0.29) is 6.73 Å². The van der Waals surface area contributed by atoms with Crippen LogP contribution >= 0.6 is 0 Å². The first-order chi connectivity index (χ1) is 9.35. The minimum absolute atomic E-state index is 0.206. The van der Waals surface area contributed by atoms with E-state index in [1.807, 2.05) is 36.4 Å². The van der Waals surface area contributed by atoms with Gasteiger partial charge in [-0.3, -0.25) is 0 Å². The van der Waals surface area contributed by atoms with Crippen LogP contribution in [0.2, 0.25) is 0 Å². The van der Waals surface area contributed by atoms with Gasteiger partial charge in [0.05, 0.1) is 7.11 Å². The Balaban J connectivity index is 2.31. The summed E-state index contributed by atoms with van der Waals surface area (Å²) in [6.45, 7) is -0.206. The summed E-state index contributed by atoms with van der Waals surface area (Å²) in [7, 11) is 1.63. The monoisotopic (exact) mass is 255 g/mol. The van der Waals surface area contributed by atoms with Gasteiger partial charge in [0, 0.05) is 17.1 Å². The molecule has 5 heteroatoms. The SMILES string of the molecule is COc1ccccc1-c1nn(CO)c2ncccc12. The lowest BCUT2D eigenvalue weighted by atomic mass is 10.1. The molecule has 0 bridgehead atoms. The molecule has 96 valence electrons. The summed E-state index contributed by atoms with van der Waals surface area (Å²) < 4.78 is 6.83. The van der Waals surface area contributed by atoms with Crippen molar-refractivity contribution in [2.75, 3.05) is 7.11 Å². The first-order valence-corrected chi connectivity index (χ1v) is 5.91. The molecular formula is C14H13N3O2. The van der Waals surface area contributed by atoms with Crippen molar-refractivity contribution in [2.45, 2.75) is 6.73 Å². The van der Waals surface area contributed by atoms with Crippen LogP contribution in [0.15, 0.2) is 42.6 Å². The van der Waals surface area contributed by atoms with Crippen LogP contribution in [0.1, 0.15) is 0 Å². The molecule has 5 nitrogen and oxygen atoms in total. The minimum atomic E-state index is -0.206. The summed E-state index contributed by atoms with van der Waals surface area (Å²) in [5, 5.41) is 14.7. The Kier molecular flexibility index (Phi) is 2.89. The number of aliphatic hydroxyl groups is 1. The maximum Gasteiger partial charge on any atom is 0.160 e. The third-order valence-electron chi connectivity index (χ3n) is 3.00. The highest BCUT2D eigenvalue weighted by molar-refractivity contribution is 5.92. The molecule has 19 heavy (non-hydrogen) atoms. The molecule has 0 fully saturated rings. The van der Waals surface area contributed by atoms with Crippen LogP contribution in [-0.2, 0) is 6.73 Å². The van der Waals surface area contributed by atoms with Crippen LogP contribution in [0.25, 0.3) is 22.3 Å². The maximum absolute atomic E-state index is 9.35. The van der Waals surface area contributed by atoms with Crippen LogP contribution in [-0.4, -0.2) is 27.0 Å². The van der Waals surface area contributed by atoms with Gasteiger partial charge in [-0.05, 0) is 24.3 Å². The van der Waals surface area contributed by atoms with Crippen molar-refractivity contribution in [3.8, 4) is 17.0 Å². The highest BCUT2D eigenvalue weighted by atomic mass is 16.5. The number of nitrogens with zero attached hydrogens (tertiary/aromatic N) is 3. The van der Waals surface area contributed by atoms with Crippen molar-refractivity contribution >= 4 is 11.0 Å². The van der Waals surface area contributed by atoms with E-state index in [1.54, 1.807) is 13.3 Å². The van der Waals surface area contributed by atoms with Crippen molar-refractivity contribution in [3.63, 3.8) is 0 Å². The zero-order valence-corrected chi connectivity index (χ0v) is 10.4. The summed E-state index contributed by atoms with van der Waals surface area (Å²) in [4.78, 5) is 4.25. The Labute approximate surface area is 110 Å². The van der Waals surface area contributed by atoms with Crippen LogP contribution in [0.5, 0.6) is 5.75 Å². The molecule has 0 saturated heterocycles. The molecule has 3 aromatic rings. The fraction of sp³-hybridized carbons (Fsp3) is 0.143. The smallest absolute Gasteiger partial charge is 0.160 e. The average Bonchev–Trinajstić information content (AvgIpc) is 2.86. The van der Waals surface area contributed by atoms with Crippen molar-refractivity contribution in [1.29, 1.82) is 0 Å². The van der Waals surface area contributed by atoms with Gasteiger partial charge in [-0.2, -0.15) is 5.10 Å². The molecule has 0 amide bonds. The topological polar surface area (TPSA) is 60.2 Å². The lowest BCUT2D eigenvalue weighted by Crippen LogP contribution is -1.99. The molecule has 3 rings (SSSR count). The van der Waals surface area contributed by atoms with Gasteiger partial charge in [0.25, 0.3) is 0 Å². The largest absolute Gasteiger partial charge is 0.496 e. The van der Waals surface area contributed by atoms with E-state index in [9.17, 15) is 5.11 Å². The van der Waals surface area contributed by atoms with Crippen LogP contribution < -0.4 is 4.74 Å². The quantitative estimate of drug-likeness (QED) is 0.778. The molecule has 1 aromatic carbocycles. The standard InChI is InChI=1S/C14H13N3O2/c1-19-12-7-3-2-5-10(12)13-11-6-4-8-15-14(11)17(9-18)16-13/h2-8,18H,9H2,1H3. The number of aliphatic hydroxyl groups excluding tert-OH is 1. The van der Waals surface area contributed by atoms with Gasteiger partial charge in [-0.15, -0.1) is 0 Å². The van der Waals surface area contributed by atoms with Crippen molar-refractivity contribution in [2.24, 2.45) is 0 Å². The second-order valence-electron chi connectivity index (χ2n) is 4.06. The number of fused-ring (bicyclic) bond motifs is 1. The number of para-hydroxylation sites is 1. The van der Waals surface area contributed by atoms with Crippen LogP contribution in [0.3, 0.4) is 0 Å². The second-order valence-corrected chi connectivity index (χ2v) is 4.06. The maximum atomic E-state index is 9.35. The number of hydrogen-bond donors (Lipinski definition) is 1. The van der Waals surface area contributed by atoms with E-state index < -0.39 is 0 Å². The van der Waals surface area contributed by atoms with Gasteiger partial charge in [0.1, 0.15) is 18.2 Å². The van der Waals surface area contributed by atoms with Crippen molar-refractivity contribution in [1.82, 2.24) is 14.8 Å². The normalized spacial score (nSPS) is 10.8. The predicted molar refractivity (Wildman–Crippen MR) is 71.7 cm³/mol. The molecule has 0 radical (unpaired) electrons. The highest BCUT2D eigenvalue weighted by Gasteiger charge is 2.15. The molecule has 1 N–H and O–H groups in total. The summed E-state index contributed by atoms with van der Waals surface area (Å²) >= 11 is 0. The third-order valence-corrected chi connectivity index (χ3v) is 3.00. The van der Waals surface area contributed by atoms with E-state index in [1.165, 1.54) is 4.68 Å². The first kappa shape index (κ1) is 11.7. The van der Waals surface area contributed by atoms with Crippen LogP contribution in [0, 0.1) is 0 Å². The van der Waals surface area contributed by atoms with Gasteiger partial charge in [-0.25, -0.2) is 9.67 Å². The molecule has 0 aliphatic heterocycles. The Morgan fingerprint density at radius 2 is 2.05 bits per heavy atom. The van der Waals surface area contributed by atoms with Gasteiger partial charge >= 0.3 is 0 Å².